The third-order valence-corrected chi connectivity index (χ3v) is 3.00. The van der Waals surface area contributed by atoms with Crippen LogP contribution in [-0.4, -0.2) is 21.3 Å². The molecule has 0 amide bonds. The van der Waals surface area contributed by atoms with E-state index in [2.05, 4.69) is 4.98 Å². The van der Waals surface area contributed by atoms with E-state index in [4.69, 9.17) is 17.3 Å². The van der Waals surface area contributed by atoms with Crippen molar-refractivity contribution >= 4 is 12.2 Å². The third-order valence-electron chi connectivity index (χ3n) is 2.66. The zero-order valence-electron chi connectivity index (χ0n) is 9.80. The maximum absolute atomic E-state index is 11.8. The van der Waals surface area contributed by atoms with E-state index in [9.17, 15) is 4.79 Å². The average molecular weight is 262 g/mol. The molecule has 1 heterocycles. The van der Waals surface area contributed by atoms with E-state index in [-0.39, 0.29) is 12.2 Å². The van der Waals surface area contributed by atoms with Crippen molar-refractivity contribution in [1.29, 1.82) is 0 Å². The first-order valence-electron chi connectivity index (χ1n) is 5.68. The van der Waals surface area contributed by atoms with Crippen LogP contribution in [0.5, 0.6) is 0 Å². The monoisotopic (exact) mass is 262 g/mol. The van der Waals surface area contributed by atoms with E-state index in [1.165, 1.54) is 0 Å². The molecule has 0 saturated heterocycles. The molecule has 0 aliphatic heterocycles. The summed E-state index contributed by atoms with van der Waals surface area (Å²) >= 11 is 5.03. The van der Waals surface area contributed by atoms with Gasteiger partial charge in [-0.15, -0.1) is 0 Å². The summed E-state index contributed by atoms with van der Waals surface area (Å²) in [6, 6.07) is 9.75. The molecule has 0 fully saturated rings. The maximum atomic E-state index is 11.8. The van der Waals surface area contributed by atoms with Crippen LogP contribution in [0, 0.1) is 4.77 Å². The van der Waals surface area contributed by atoms with Gasteiger partial charge in [-0.1, -0.05) is 30.3 Å². The van der Waals surface area contributed by atoms with Gasteiger partial charge in [0.25, 0.3) is 5.56 Å². The molecule has 0 spiro atoms. The van der Waals surface area contributed by atoms with Gasteiger partial charge in [-0.05, 0) is 17.8 Å². The lowest BCUT2D eigenvalue weighted by atomic mass is 10.1. The summed E-state index contributed by atoms with van der Waals surface area (Å²) in [4.78, 5) is 14.4. The number of H-pyrrole nitrogens is 1. The highest BCUT2D eigenvalue weighted by Gasteiger charge is 2.04. The van der Waals surface area contributed by atoms with E-state index < -0.39 is 0 Å². The molecule has 94 valence electrons. The van der Waals surface area contributed by atoms with Crippen LogP contribution in [-0.2, 0) is 13.0 Å². The Morgan fingerprint density at radius 2 is 2.00 bits per heavy atom. The second-order valence-electron chi connectivity index (χ2n) is 3.99. The fraction of sp³-hybridized carbons (Fsp3) is 0.231. The normalized spacial score (nSPS) is 10.5. The largest absolute Gasteiger partial charge is 0.395 e. The third kappa shape index (κ3) is 2.94. The lowest BCUT2D eigenvalue weighted by molar-refractivity contribution is 0.274. The Morgan fingerprint density at radius 1 is 1.28 bits per heavy atom. The van der Waals surface area contributed by atoms with E-state index in [1.54, 1.807) is 10.8 Å². The number of aliphatic hydroxyl groups excluding tert-OH is 1. The van der Waals surface area contributed by atoms with E-state index in [1.807, 2.05) is 30.3 Å². The highest BCUT2D eigenvalue weighted by atomic mass is 32.1. The number of hydrogen-bond donors (Lipinski definition) is 2. The van der Waals surface area contributed by atoms with Crippen molar-refractivity contribution in [3.8, 4) is 0 Å². The van der Waals surface area contributed by atoms with E-state index in [0.29, 0.717) is 23.3 Å². The molecule has 0 saturated carbocycles. The first-order valence-corrected chi connectivity index (χ1v) is 6.09. The SMILES string of the molecule is O=c1[nH]c(=S)n(CCO)cc1Cc1ccccc1. The van der Waals surface area contributed by atoms with Crippen molar-refractivity contribution in [1.82, 2.24) is 9.55 Å². The quantitative estimate of drug-likeness (QED) is 0.821. The molecule has 0 atom stereocenters. The Kier molecular flexibility index (Phi) is 4.07. The van der Waals surface area contributed by atoms with Gasteiger partial charge in [0, 0.05) is 24.7 Å². The van der Waals surface area contributed by atoms with Gasteiger partial charge in [-0.2, -0.15) is 0 Å². The summed E-state index contributed by atoms with van der Waals surface area (Å²) in [5.74, 6) is 0. The summed E-state index contributed by atoms with van der Waals surface area (Å²) in [6.45, 7) is 0.378. The Hall–Kier alpha value is -1.72. The van der Waals surface area contributed by atoms with Crippen LogP contribution in [0.4, 0.5) is 0 Å². The second kappa shape index (κ2) is 5.75. The molecule has 2 rings (SSSR count). The molecule has 2 aromatic rings. The molecule has 2 N–H and O–H groups in total. The molecule has 0 bridgehead atoms. The van der Waals surface area contributed by atoms with Crippen LogP contribution in [0.2, 0.25) is 0 Å². The minimum Gasteiger partial charge on any atom is -0.395 e. The van der Waals surface area contributed by atoms with Gasteiger partial charge in [-0.25, -0.2) is 0 Å². The van der Waals surface area contributed by atoms with Crippen LogP contribution < -0.4 is 5.56 Å². The summed E-state index contributed by atoms with van der Waals surface area (Å²) in [5.41, 5.74) is 1.54. The van der Waals surface area contributed by atoms with Gasteiger partial charge in [0.05, 0.1) is 6.61 Å². The first kappa shape index (κ1) is 12.7. The van der Waals surface area contributed by atoms with E-state index >= 15 is 0 Å². The minimum absolute atomic E-state index is 0.00880. The van der Waals surface area contributed by atoms with Crippen molar-refractivity contribution in [2.45, 2.75) is 13.0 Å². The number of nitrogens with zero attached hydrogens (tertiary/aromatic N) is 1. The highest BCUT2D eigenvalue weighted by Crippen LogP contribution is 2.05. The van der Waals surface area contributed by atoms with Crippen molar-refractivity contribution < 1.29 is 5.11 Å². The van der Waals surface area contributed by atoms with Gasteiger partial charge >= 0.3 is 0 Å². The smallest absolute Gasteiger partial charge is 0.255 e. The summed E-state index contributed by atoms with van der Waals surface area (Å²) in [6.07, 6.45) is 2.27. The zero-order valence-corrected chi connectivity index (χ0v) is 10.6. The number of benzene rings is 1. The van der Waals surface area contributed by atoms with Crippen molar-refractivity contribution in [3.05, 3.63) is 62.8 Å². The summed E-state index contributed by atoms with van der Waals surface area (Å²) in [5, 5.41) is 8.93. The van der Waals surface area contributed by atoms with Crippen molar-refractivity contribution in [2.75, 3.05) is 6.61 Å². The van der Waals surface area contributed by atoms with Crippen LogP contribution in [0.1, 0.15) is 11.1 Å². The molecule has 0 unspecified atom stereocenters. The maximum Gasteiger partial charge on any atom is 0.255 e. The predicted octanol–water partition coefficient (Wildman–Crippen LogP) is 1.49. The Labute approximate surface area is 110 Å². The second-order valence-corrected chi connectivity index (χ2v) is 4.38. The number of aromatic amines is 1. The molecule has 0 aliphatic rings. The number of rotatable bonds is 4. The predicted molar refractivity (Wildman–Crippen MR) is 72.2 cm³/mol. The van der Waals surface area contributed by atoms with Gasteiger partial charge in [0.15, 0.2) is 4.77 Å². The molecule has 4 nitrogen and oxygen atoms in total. The lowest BCUT2D eigenvalue weighted by Gasteiger charge is -2.07. The Balaban J connectivity index is 2.36. The number of aliphatic hydroxyl groups is 1. The van der Waals surface area contributed by atoms with Crippen molar-refractivity contribution in [2.24, 2.45) is 0 Å². The van der Waals surface area contributed by atoms with E-state index in [0.717, 1.165) is 5.56 Å². The van der Waals surface area contributed by atoms with Gasteiger partial charge < -0.3 is 9.67 Å². The first-order chi connectivity index (χ1) is 8.70. The van der Waals surface area contributed by atoms with Gasteiger partial charge in [0.1, 0.15) is 0 Å². The fourth-order valence-electron chi connectivity index (χ4n) is 1.77. The molecular weight excluding hydrogens is 248 g/mol. The summed E-state index contributed by atoms with van der Waals surface area (Å²) < 4.78 is 2.01. The van der Waals surface area contributed by atoms with Crippen LogP contribution in [0.3, 0.4) is 0 Å². The van der Waals surface area contributed by atoms with Gasteiger partial charge in [0.2, 0.25) is 0 Å². The average Bonchev–Trinajstić information content (AvgIpc) is 2.37. The fourth-order valence-corrected chi connectivity index (χ4v) is 2.01. The Bertz CT molecular complexity index is 631. The molecular formula is C13H14N2O2S. The molecule has 18 heavy (non-hydrogen) atoms. The minimum atomic E-state index is -0.168. The summed E-state index contributed by atoms with van der Waals surface area (Å²) in [7, 11) is 0. The molecule has 5 heteroatoms. The van der Waals surface area contributed by atoms with Crippen LogP contribution in [0.15, 0.2) is 41.3 Å². The molecule has 0 aliphatic carbocycles. The number of nitrogens with one attached hydrogen (secondary N) is 1. The molecule has 1 aromatic carbocycles. The topological polar surface area (TPSA) is 58.0 Å². The van der Waals surface area contributed by atoms with Crippen LogP contribution >= 0.6 is 12.2 Å². The zero-order chi connectivity index (χ0) is 13.0. The number of aromatic nitrogens is 2. The number of hydrogen-bond acceptors (Lipinski definition) is 3. The molecule has 1 aromatic heterocycles. The highest BCUT2D eigenvalue weighted by molar-refractivity contribution is 7.71. The van der Waals surface area contributed by atoms with Gasteiger partial charge in [-0.3, -0.25) is 9.78 Å². The van der Waals surface area contributed by atoms with Crippen molar-refractivity contribution in [3.63, 3.8) is 0 Å². The Morgan fingerprint density at radius 3 is 2.67 bits per heavy atom. The standard InChI is InChI=1S/C13H14N2O2S/c16-7-6-15-9-11(12(17)14-13(15)18)8-10-4-2-1-3-5-10/h1-5,9,16H,6-8H2,(H,14,17,18). The molecule has 0 radical (unpaired) electrons. The van der Waals surface area contributed by atoms with Crippen LogP contribution in [0.25, 0.3) is 0 Å². The lowest BCUT2D eigenvalue weighted by Crippen LogP contribution is -2.19.